The largest absolute Gasteiger partial charge is 0.478 e. The van der Waals surface area contributed by atoms with Crippen LogP contribution in [0.1, 0.15) is 89.9 Å². The van der Waals surface area contributed by atoms with Gasteiger partial charge in [0.05, 0.1) is 12.2 Å². The second-order valence-electron chi connectivity index (χ2n) is 18.0. The lowest BCUT2D eigenvalue weighted by molar-refractivity contribution is 0.0130. The number of aromatic nitrogens is 4. The average molecular weight is 778 g/mol. The van der Waals surface area contributed by atoms with Gasteiger partial charge < -0.3 is 19.7 Å². The van der Waals surface area contributed by atoms with Gasteiger partial charge in [-0.05, 0) is 132 Å². The molecule has 54 heavy (non-hydrogen) atoms. The summed E-state index contributed by atoms with van der Waals surface area (Å²) >= 11 is 6.40. The van der Waals surface area contributed by atoms with Crippen LogP contribution < -0.4 is 14.8 Å². The highest BCUT2D eigenvalue weighted by Gasteiger charge is 2.88. The first-order valence-corrected chi connectivity index (χ1v) is 20.8. The second-order valence-corrected chi connectivity index (χ2v) is 20.0. The number of ether oxygens (including phenoxy) is 2. The summed E-state index contributed by atoms with van der Waals surface area (Å²) in [7, 11) is 0.247. The summed E-state index contributed by atoms with van der Waals surface area (Å²) in [6.45, 7) is 11.4. The van der Waals surface area contributed by atoms with Crippen LogP contribution in [0.15, 0.2) is 47.6 Å². The van der Waals surface area contributed by atoms with Gasteiger partial charge in [-0.15, -0.1) is 5.10 Å². The van der Waals surface area contributed by atoms with Crippen LogP contribution in [0.3, 0.4) is 0 Å². The van der Waals surface area contributed by atoms with E-state index in [2.05, 4.69) is 54.6 Å². The van der Waals surface area contributed by atoms with E-state index in [0.29, 0.717) is 59.9 Å². The van der Waals surface area contributed by atoms with Crippen molar-refractivity contribution in [1.82, 2.24) is 29.4 Å². The van der Waals surface area contributed by atoms with Crippen LogP contribution in [0.2, 0.25) is 10.4 Å². The molecule has 4 fully saturated rings. The van der Waals surface area contributed by atoms with Crippen LogP contribution in [0.5, 0.6) is 5.88 Å². The van der Waals surface area contributed by atoms with Gasteiger partial charge in [-0.25, -0.2) is 24.2 Å². The van der Waals surface area contributed by atoms with Gasteiger partial charge in [-0.3, -0.25) is 4.79 Å². The number of carbonyl (C=O) groups is 2. The molecule has 2 N–H and O–H groups in total. The minimum absolute atomic E-state index is 0.0593. The van der Waals surface area contributed by atoms with Crippen LogP contribution >= 0.6 is 11.6 Å². The van der Waals surface area contributed by atoms with Crippen molar-refractivity contribution in [3.8, 4) is 11.7 Å². The van der Waals surface area contributed by atoms with Gasteiger partial charge in [-0.1, -0.05) is 17.7 Å². The molecule has 3 aromatic heterocycles. The molecule has 1 aliphatic heterocycles. The van der Waals surface area contributed by atoms with Gasteiger partial charge in [0.25, 0.3) is 15.9 Å². The van der Waals surface area contributed by atoms with E-state index in [-0.39, 0.29) is 32.6 Å². The lowest BCUT2D eigenvalue weighted by Gasteiger charge is -2.33. The summed E-state index contributed by atoms with van der Waals surface area (Å²) in [4.78, 5) is 36.2. The molecular formula is C37H50B2ClN7O6S. The van der Waals surface area contributed by atoms with Crippen LogP contribution in [-0.2, 0) is 14.8 Å². The second kappa shape index (κ2) is 13.5. The van der Waals surface area contributed by atoms with Crippen molar-refractivity contribution < 1.29 is 27.5 Å². The van der Waals surface area contributed by atoms with Crippen LogP contribution in [0, 0.1) is 22.7 Å². The maximum Gasteiger partial charge on any atom is 0.410 e. The summed E-state index contributed by atoms with van der Waals surface area (Å²) in [5, 5.41) is 7.24. The predicted molar refractivity (Wildman–Crippen MR) is 210 cm³/mol. The summed E-state index contributed by atoms with van der Waals surface area (Å²) in [6.07, 6.45) is 9.32. The summed E-state index contributed by atoms with van der Waals surface area (Å²) in [5.74, 6) is 1.26. The molecule has 0 unspecified atom stereocenters. The maximum absolute atomic E-state index is 13.2. The van der Waals surface area contributed by atoms with Gasteiger partial charge in [0, 0.05) is 30.9 Å². The van der Waals surface area contributed by atoms with Gasteiger partial charge in [0.2, 0.25) is 5.88 Å². The summed E-state index contributed by atoms with van der Waals surface area (Å²) in [6, 6.07) is 9.23. The number of halogens is 1. The molecule has 1 saturated heterocycles. The molecule has 2 spiro atoms. The number of hydrogen-bond donors (Lipinski definition) is 2. The highest BCUT2D eigenvalue weighted by atomic mass is 35.5. The van der Waals surface area contributed by atoms with Crippen molar-refractivity contribution in [3.05, 3.63) is 53.3 Å². The predicted octanol–water partition coefficient (Wildman–Crippen LogP) is 4.61. The molecule has 0 aromatic carbocycles. The number of rotatable bonds is 13. The lowest BCUT2D eigenvalue weighted by atomic mass is 9.51. The number of hydrogen-bond acceptors (Lipinski definition) is 10. The lowest BCUT2D eigenvalue weighted by Crippen LogP contribution is -2.45. The Hall–Kier alpha value is -3.78. The molecule has 3 aromatic rings. The zero-order valence-electron chi connectivity index (χ0n) is 32.2. The molecule has 4 heterocycles. The van der Waals surface area contributed by atoms with Gasteiger partial charge in [-0.2, -0.15) is 8.42 Å². The van der Waals surface area contributed by atoms with E-state index >= 15 is 0 Å². The van der Waals surface area contributed by atoms with E-state index in [1.807, 2.05) is 25.7 Å². The Balaban J connectivity index is 0.896. The Morgan fingerprint density at radius 2 is 1.74 bits per heavy atom. The summed E-state index contributed by atoms with van der Waals surface area (Å²) in [5.41, 5.74) is 0.182. The zero-order chi connectivity index (χ0) is 38.9. The highest BCUT2D eigenvalue weighted by Crippen LogP contribution is 2.95. The topological polar surface area (TPSA) is 158 Å². The van der Waals surface area contributed by atoms with E-state index in [1.54, 1.807) is 24.4 Å². The monoisotopic (exact) mass is 777 g/mol. The SMILES string of the molecule is BC(B)(COc1ccn(-c2ccc(C(=O)NS(=O)(=O)c3cccc(NCCC[C@@H]4CN(C(=O)OC(C)(C)C)C(C)(C)C4)n3)c(Cl)n2)n1)C1C2(CC2)C12CC2. The van der Waals surface area contributed by atoms with E-state index in [1.165, 1.54) is 48.6 Å². The standard InChI is InChI=1S/C37H50B2ClN7O6S/c1-33(2,3)53-32(49)46-21-23(20-34(46,4)5)8-7-18-41-25-9-6-10-28(42-25)54(50,51)45-30(48)24-11-12-26(43-29(24)40)47-19-13-27(44-47)52-22-37(38,39)31-35(14-15-35)36(31)16-17-36/h6,9-13,19,23,31H,7-8,14-18,20-22,38-39H2,1-5H3,(H,41,42)(H,45,48)/t23-/m0/s1. The molecule has 3 saturated carbocycles. The number of fused-ring (bicyclic) bond motifs is 1. The third-order valence-corrected chi connectivity index (χ3v) is 13.3. The van der Waals surface area contributed by atoms with Crippen molar-refractivity contribution in [2.45, 2.75) is 101 Å². The minimum atomic E-state index is -4.34. The molecule has 0 bridgehead atoms. The van der Waals surface area contributed by atoms with Crippen LogP contribution in [-0.4, -0.2) is 91.6 Å². The fourth-order valence-corrected chi connectivity index (χ4v) is 10.5. The van der Waals surface area contributed by atoms with Crippen molar-refractivity contribution in [3.63, 3.8) is 0 Å². The van der Waals surface area contributed by atoms with E-state index < -0.39 is 21.5 Å². The Morgan fingerprint density at radius 1 is 1.04 bits per heavy atom. The van der Waals surface area contributed by atoms with Gasteiger partial charge in [0.15, 0.2) is 10.8 Å². The molecular weight excluding hydrogens is 728 g/mol. The molecule has 0 radical (unpaired) electrons. The van der Waals surface area contributed by atoms with Crippen molar-refractivity contribution in [2.24, 2.45) is 22.7 Å². The Morgan fingerprint density at radius 3 is 2.39 bits per heavy atom. The quantitative estimate of drug-likeness (QED) is 0.143. The smallest absolute Gasteiger partial charge is 0.410 e. The molecule has 288 valence electrons. The molecule has 2 amide bonds. The number of pyridine rings is 2. The molecule has 1 atom stereocenters. The average Bonchev–Trinajstić information content (AvgIpc) is 4.03. The Kier molecular flexibility index (Phi) is 9.59. The third-order valence-electron chi connectivity index (χ3n) is 11.7. The Labute approximate surface area is 324 Å². The first-order chi connectivity index (χ1) is 25.3. The van der Waals surface area contributed by atoms with Gasteiger partial charge in [0.1, 0.15) is 32.3 Å². The van der Waals surface area contributed by atoms with E-state index in [4.69, 9.17) is 21.1 Å². The molecule has 7 rings (SSSR count). The molecule has 4 aliphatic rings. The third kappa shape index (κ3) is 7.56. The van der Waals surface area contributed by atoms with Crippen LogP contribution in [0.4, 0.5) is 10.6 Å². The molecule has 17 heteroatoms. The van der Waals surface area contributed by atoms with E-state index in [0.717, 1.165) is 19.3 Å². The molecule has 3 aliphatic carbocycles. The minimum Gasteiger partial charge on any atom is -0.478 e. The van der Waals surface area contributed by atoms with Crippen molar-refractivity contribution in [2.75, 3.05) is 25.0 Å². The normalized spacial score (nSPS) is 20.9. The number of likely N-dealkylation sites (tertiary alicyclic amines) is 1. The van der Waals surface area contributed by atoms with E-state index in [9.17, 15) is 18.0 Å². The number of nitrogens with one attached hydrogen (secondary N) is 2. The van der Waals surface area contributed by atoms with Crippen LogP contribution in [0.25, 0.3) is 5.82 Å². The van der Waals surface area contributed by atoms with Crippen molar-refractivity contribution in [1.29, 1.82) is 0 Å². The number of carbonyl (C=O) groups excluding carboxylic acids is 2. The molecule has 13 nitrogen and oxygen atoms in total. The number of sulfonamides is 1. The fourth-order valence-electron chi connectivity index (χ4n) is 9.37. The first kappa shape index (κ1) is 38.5. The number of nitrogens with zero attached hydrogens (tertiary/aromatic N) is 5. The zero-order valence-corrected chi connectivity index (χ0v) is 33.8. The number of anilines is 1. The number of amides is 2. The fraction of sp³-hybridized carbons (Fsp3) is 0.595. The van der Waals surface area contributed by atoms with Gasteiger partial charge >= 0.3 is 6.09 Å². The Bertz CT molecular complexity index is 2040. The highest BCUT2D eigenvalue weighted by molar-refractivity contribution is 7.90. The summed E-state index contributed by atoms with van der Waals surface area (Å²) < 4.78 is 41.7. The first-order valence-electron chi connectivity index (χ1n) is 18.9. The maximum atomic E-state index is 13.2. The van der Waals surface area contributed by atoms with Crippen molar-refractivity contribution >= 4 is 55.1 Å².